The second-order valence-electron chi connectivity index (χ2n) is 7.65. The van der Waals surface area contributed by atoms with E-state index in [2.05, 4.69) is 15.6 Å². The third-order valence-corrected chi connectivity index (χ3v) is 5.59. The molecule has 2 amide bonds. The summed E-state index contributed by atoms with van der Waals surface area (Å²) in [6.45, 7) is 0.294. The molecule has 162 valence electrons. The minimum absolute atomic E-state index is 0.199. The van der Waals surface area contributed by atoms with Crippen LogP contribution in [-0.4, -0.2) is 40.5 Å². The van der Waals surface area contributed by atoms with Crippen molar-refractivity contribution in [2.24, 2.45) is 0 Å². The first-order chi connectivity index (χ1) is 15.6. The first-order valence-corrected chi connectivity index (χ1v) is 10.5. The van der Waals surface area contributed by atoms with E-state index in [-0.39, 0.29) is 18.2 Å². The normalized spacial score (nSPS) is 13.0. The van der Waals surface area contributed by atoms with Crippen LogP contribution in [0.3, 0.4) is 0 Å². The van der Waals surface area contributed by atoms with Crippen molar-refractivity contribution in [1.29, 1.82) is 0 Å². The van der Waals surface area contributed by atoms with Gasteiger partial charge in [-0.1, -0.05) is 48.5 Å². The van der Waals surface area contributed by atoms with Crippen LogP contribution in [0.15, 0.2) is 73.1 Å². The lowest BCUT2D eigenvalue weighted by atomic mass is 9.95. The summed E-state index contributed by atoms with van der Waals surface area (Å²) in [5.74, 6) is -2.26. The molecule has 0 saturated carbocycles. The Kier molecular flexibility index (Phi) is 6.26. The van der Waals surface area contributed by atoms with E-state index in [4.69, 9.17) is 0 Å². The van der Waals surface area contributed by atoms with Crippen molar-refractivity contribution in [3.63, 3.8) is 0 Å². The number of pyridine rings is 1. The largest absolute Gasteiger partial charge is 0.480 e. The third kappa shape index (κ3) is 4.37. The molecule has 3 N–H and O–H groups in total. The molecule has 2 aromatic carbocycles. The van der Waals surface area contributed by atoms with E-state index in [0.29, 0.717) is 18.5 Å². The highest BCUT2D eigenvalue weighted by Crippen LogP contribution is 2.44. The maximum Gasteiger partial charge on any atom is 0.326 e. The first-order valence-electron chi connectivity index (χ1n) is 10.5. The Hall–Kier alpha value is -4.00. The topological polar surface area (TPSA) is 108 Å². The highest BCUT2D eigenvalue weighted by molar-refractivity contribution is 5.97. The number of benzene rings is 2. The van der Waals surface area contributed by atoms with Crippen LogP contribution in [0.4, 0.5) is 0 Å². The zero-order valence-corrected chi connectivity index (χ0v) is 17.3. The number of aliphatic carboxylic acids is 1. The summed E-state index contributed by atoms with van der Waals surface area (Å²) in [7, 11) is 0. The van der Waals surface area contributed by atoms with E-state index in [1.165, 1.54) is 6.20 Å². The van der Waals surface area contributed by atoms with Crippen molar-refractivity contribution in [3.05, 3.63) is 89.7 Å². The van der Waals surface area contributed by atoms with Gasteiger partial charge in [0.1, 0.15) is 6.04 Å². The maximum atomic E-state index is 13.2. The van der Waals surface area contributed by atoms with Gasteiger partial charge in [-0.3, -0.25) is 14.6 Å². The van der Waals surface area contributed by atoms with Gasteiger partial charge in [0.25, 0.3) is 5.91 Å². The monoisotopic (exact) mass is 429 g/mol. The average molecular weight is 429 g/mol. The van der Waals surface area contributed by atoms with E-state index in [1.54, 1.807) is 18.3 Å². The Labute approximate surface area is 185 Å². The molecule has 0 radical (unpaired) electrons. The molecular weight excluding hydrogens is 406 g/mol. The van der Waals surface area contributed by atoms with Crippen LogP contribution in [0.25, 0.3) is 11.1 Å². The fraction of sp³-hybridized carbons (Fsp3) is 0.200. The Balaban J connectivity index is 1.39. The molecule has 0 unspecified atom stereocenters. The number of carboxylic acid groups (broad SMARTS) is 1. The molecule has 4 rings (SSSR count). The fourth-order valence-corrected chi connectivity index (χ4v) is 4.06. The lowest BCUT2D eigenvalue weighted by molar-refractivity contribution is -0.142. The summed E-state index contributed by atoms with van der Waals surface area (Å²) in [6, 6.07) is 17.7. The lowest BCUT2D eigenvalue weighted by Crippen LogP contribution is -2.43. The van der Waals surface area contributed by atoms with Gasteiger partial charge in [0.2, 0.25) is 5.91 Å². The summed E-state index contributed by atoms with van der Waals surface area (Å²) < 4.78 is 0. The summed E-state index contributed by atoms with van der Waals surface area (Å²) in [5, 5.41) is 15.1. The minimum atomic E-state index is -1.10. The molecule has 0 bridgehead atoms. The number of rotatable bonds is 8. The maximum absolute atomic E-state index is 13.2. The van der Waals surface area contributed by atoms with E-state index < -0.39 is 17.9 Å². The van der Waals surface area contributed by atoms with E-state index in [9.17, 15) is 19.5 Å². The highest BCUT2D eigenvalue weighted by atomic mass is 16.4. The number of hydrogen-bond acceptors (Lipinski definition) is 4. The second-order valence-corrected chi connectivity index (χ2v) is 7.65. The molecule has 1 aromatic heterocycles. The quantitative estimate of drug-likeness (QED) is 0.477. The predicted octanol–water partition coefficient (Wildman–Crippen LogP) is 2.97. The Bertz CT molecular complexity index is 1100. The van der Waals surface area contributed by atoms with Crippen LogP contribution in [-0.2, 0) is 9.59 Å². The van der Waals surface area contributed by atoms with Crippen molar-refractivity contribution < 1.29 is 19.5 Å². The summed E-state index contributed by atoms with van der Waals surface area (Å²) >= 11 is 0. The fourth-order valence-electron chi connectivity index (χ4n) is 4.06. The molecule has 1 aliphatic rings. The number of fused-ring (bicyclic) bond motifs is 3. The molecule has 32 heavy (non-hydrogen) atoms. The van der Waals surface area contributed by atoms with Gasteiger partial charge >= 0.3 is 5.97 Å². The van der Waals surface area contributed by atoms with Crippen molar-refractivity contribution in [2.45, 2.75) is 24.8 Å². The van der Waals surface area contributed by atoms with Crippen LogP contribution < -0.4 is 10.6 Å². The van der Waals surface area contributed by atoms with Crippen molar-refractivity contribution in [2.75, 3.05) is 6.54 Å². The Morgan fingerprint density at radius 2 is 1.59 bits per heavy atom. The Morgan fingerprint density at radius 3 is 2.19 bits per heavy atom. The number of carbonyl (C=O) groups excluding carboxylic acids is 2. The minimum Gasteiger partial charge on any atom is -0.480 e. The third-order valence-electron chi connectivity index (χ3n) is 5.59. The van der Waals surface area contributed by atoms with Crippen molar-refractivity contribution >= 4 is 17.8 Å². The standard InChI is InChI=1S/C25H23N3O4/c29-23(16-7-5-13-26-15-16)27-14-6-12-21(25(31)32)28-24(30)22-19-10-3-1-8-17(19)18-9-2-4-11-20(18)22/h1-5,7-11,13,15,21-22H,6,12,14H2,(H,27,29)(H,28,30)(H,31,32)/t21-/m0/s1. The molecule has 3 aromatic rings. The second kappa shape index (κ2) is 9.43. The molecule has 0 spiro atoms. The molecule has 1 aliphatic carbocycles. The zero-order valence-electron chi connectivity index (χ0n) is 17.3. The summed E-state index contributed by atoms with van der Waals surface area (Å²) in [6.07, 6.45) is 3.65. The first kappa shape index (κ1) is 21.2. The number of amides is 2. The molecule has 7 nitrogen and oxygen atoms in total. The van der Waals surface area contributed by atoms with Crippen LogP contribution >= 0.6 is 0 Å². The molecule has 0 fully saturated rings. The number of nitrogens with zero attached hydrogens (tertiary/aromatic N) is 1. The number of carboxylic acids is 1. The van der Waals surface area contributed by atoms with Crippen LogP contribution in [0.1, 0.15) is 40.2 Å². The highest BCUT2D eigenvalue weighted by Gasteiger charge is 2.35. The van der Waals surface area contributed by atoms with Gasteiger partial charge in [-0.15, -0.1) is 0 Å². The van der Waals surface area contributed by atoms with Crippen LogP contribution in [0.2, 0.25) is 0 Å². The average Bonchev–Trinajstić information content (AvgIpc) is 3.16. The van der Waals surface area contributed by atoms with Crippen molar-refractivity contribution in [3.8, 4) is 11.1 Å². The van der Waals surface area contributed by atoms with Gasteiger partial charge in [0, 0.05) is 18.9 Å². The number of carbonyl (C=O) groups is 3. The Morgan fingerprint density at radius 1 is 0.938 bits per heavy atom. The van der Waals surface area contributed by atoms with Gasteiger partial charge in [-0.2, -0.15) is 0 Å². The van der Waals surface area contributed by atoms with E-state index in [0.717, 1.165) is 22.3 Å². The smallest absolute Gasteiger partial charge is 0.326 e. The van der Waals surface area contributed by atoms with Gasteiger partial charge in [0.15, 0.2) is 0 Å². The summed E-state index contributed by atoms with van der Waals surface area (Å²) in [5.41, 5.74) is 4.17. The molecule has 1 heterocycles. The number of aromatic nitrogens is 1. The number of hydrogen-bond donors (Lipinski definition) is 3. The zero-order chi connectivity index (χ0) is 22.5. The van der Waals surface area contributed by atoms with E-state index >= 15 is 0 Å². The van der Waals surface area contributed by atoms with Gasteiger partial charge < -0.3 is 15.7 Å². The summed E-state index contributed by atoms with van der Waals surface area (Å²) in [4.78, 5) is 40.9. The lowest BCUT2D eigenvalue weighted by Gasteiger charge is -2.19. The molecule has 7 heteroatoms. The molecule has 1 atom stereocenters. The molecule has 0 aliphatic heterocycles. The van der Waals surface area contributed by atoms with Gasteiger partial charge in [-0.05, 0) is 47.2 Å². The van der Waals surface area contributed by atoms with Gasteiger partial charge in [0.05, 0.1) is 11.5 Å². The van der Waals surface area contributed by atoms with Crippen LogP contribution in [0, 0.1) is 0 Å². The number of nitrogens with one attached hydrogen (secondary N) is 2. The van der Waals surface area contributed by atoms with Crippen molar-refractivity contribution in [1.82, 2.24) is 15.6 Å². The molecule has 0 saturated heterocycles. The van der Waals surface area contributed by atoms with E-state index in [1.807, 2.05) is 48.5 Å². The molecular formula is C25H23N3O4. The van der Waals surface area contributed by atoms with Gasteiger partial charge in [-0.25, -0.2) is 4.79 Å². The predicted molar refractivity (Wildman–Crippen MR) is 119 cm³/mol. The SMILES string of the molecule is O=C(NCCC[C@H](NC(=O)C1c2ccccc2-c2ccccc21)C(=O)O)c1cccnc1. The van der Waals surface area contributed by atoms with Crippen LogP contribution in [0.5, 0.6) is 0 Å².